The van der Waals surface area contributed by atoms with Crippen LogP contribution >= 0.6 is 0 Å². The highest BCUT2D eigenvalue weighted by atomic mass is 16.5. The number of rotatable bonds is 5. The standard InChI is InChI=1S/C20H25N3O2/c1-23-13-11-16(12-14-23)21-18-5-3-4-6-19(18)22-20(24)15-7-9-17(25-2)10-8-15/h3-10,16,21H,11-14H2,1-2H3,(H,22,24). The first-order valence-electron chi connectivity index (χ1n) is 8.65. The molecule has 5 nitrogen and oxygen atoms in total. The SMILES string of the molecule is COc1ccc(C(=O)Nc2ccccc2NC2CCN(C)CC2)cc1. The van der Waals surface area contributed by atoms with Crippen LogP contribution in [0, 0.1) is 0 Å². The van der Waals surface area contributed by atoms with Gasteiger partial charge in [0.05, 0.1) is 18.5 Å². The Morgan fingerprint density at radius 3 is 2.32 bits per heavy atom. The van der Waals surface area contributed by atoms with Crippen LogP contribution in [0.2, 0.25) is 0 Å². The van der Waals surface area contributed by atoms with Gasteiger partial charge >= 0.3 is 0 Å². The molecule has 2 N–H and O–H groups in total. The maximum absolute atomic E-state index is 12.5. The van der Waals surface area contributed by atoms with Crippen molar-refractivity contribution in [2.75, 3.05) is 37.9 Å². The number of hydrogen-bond acceptors (Lipinski definition) is 4. The lowest BCUT2D eigenvalue weighted by atomic mass is 10.0. The smallest absolute Gasteiger partial charge is 0.255 e. The zero-order chi connectivity index (χ0) is 17.6. The molecule has 0 aliphatic carbocycles. The number of nitrogens with zero attached hydrogens (tertiary/aromatic N) is 1. The number of benzene rings is 2. The van der Waals surface area contributed by atoms with Gasteiger partial charge in [-0.05, 0) is 69.4 Å². The lowest BCUT2D eigenvalue weighted by Crippen LogP contribution is -2.36. The molecule has 0 saturated carbocycles. The van der Waals surface area contributed by atoms with Crippen LogP contribution in [0.4, 0.5) is 11.4 Å². The lowest BCUT2D eigenvalue weighted by molar-refractivity contribution is 0.102. The number of hydrogen-bond donors (Lipinski definition) is 2. The van der Waals surface area contributed by atoms with E-state index in [0.717, 1.165) is 43.1 Å². The molecule has 1 aliphatic rings. The van der Waals surface area contributed by atoms with Crippen LogP contribution in [0.15, 0.2) is 48.5 Å². The van der Waals surface area contributed by atoms with Gasteiger partial charge in [0.15, 0.2) is 0 Å². The second-order valence-corrected chi connectivity index (χ2v) is 6.45. The molecule has 0 radical (unpaired) electrons. The molecule has 0 atom stereocenters. The molecule has 1 saturated heterocycles. The van der Waals surface area contributed by atoms with Gasteiger partial charge in [-0.15, -0.1) is 0 Å². The Balaban J connectivity index is 1.68. The van der Waals surface area contributed by atoms with Gasteiger partial charge in [-0.2, -0.15) is 0 Å². The van der Waals surface area contributed by atoms with Gasteiger partial charge in [-0.3, -0.25) is 4.79 Å². The second-order valence-electron chi connectivity index (χ2n) is 6.45. The highest BCUT2D eigenvalue weighted by molar-refractivity contribution is 6.05. The number of likely N-dealkylation sites (tertiary alicyclic amines) is 1. The summed E-state index contributed by atoms with van der Waals surface area (Å²) >= 11 is 0. The summed E-state index contributed by atoms with van der Waals surface area (Å²) in [6, 6.07) is 15.4. The lowest BCUT2D eigenvalue weighted by Gasteiger charge is -2.30. The fraction of sp³-hybridized carbons (Fsp3) is 0.350. The molecule has 132 valence electrons. The largest absolute Gasteiger partial charge is 0.497 e. The van der Waals surface area contributed by atoms with Gasteiger partial charge in [0.2, 0.25) is 0 Å². The van der Waals surface area contributed by atoms with Crippen LogP contribution in [0.5, 0.6) is 5.75 Å². The maximum atomic E-state index is 12.5. The fourth-order valence-corrected chi connectivity index (χ4v) is 3.03. The maximum Gasteiger partial charge on any atom is 0.255 e. The van der Waals surface area contributed by atoms with Crippen molar-refractivity contribution in [1.29, 1.82) is 0 Å². The van der Waals surface area contributed by atoms with E-state index in [1.54, 1.807) is 31.4 Å². The number of carbonyl (C=O) groups excluding carboxylic acids is 1. The fourth-order valence-electron chi connectivity index (χ4n) is 3.03. The summed E-state index contributed by atoms with van der Waals surface area (Å²) in [6.07, 6.45) is 2.22. The molecule has 0 unspecified atom stereocenters. The minimum absolute atomic E-state index is 0.125. The van der Waals surface area contributed by atoms with Crippen LogP contribution < -0.4 is 15.4 Å². The first-order valence-corrected chi connectivity index (χ1v) is 8.65. The van der Waals surface area contributed by atoms with Crippen molar-refractivity contribution in [3.8, 4) is 5.75 Å². The van der Waals surface area contributed by atoms with Crippen LogP contribution in [0.3, 0.4) is 0 Å². The number of piperidine rings is 1. The number of carbonyl (C=O) groups is 1. The summed E-state index contributed by atoms with van der Waals surface area (Å²) in [5.41, 5.74) is 2.39. The zero-order valence-corrected chi connectivity index (χ0v) is 14.8. The van der Waals surface area contributed by atoms with Gasteiger partial charge in [-0.1, -0.05) is 12.1 Å². The van der Waals surface area contributed by atoms with Gasteiger partial charge in [0.1, 0.15) is 5.75 Å². The molecule has 1 fully saturated rings. The van der Waals surface area contributed by atoms with Crippen molar-refractivity contribution in [2.45, 2.75) is 18.9 Å². The molecule has 0 aromatic heterocycles. The van der Waals surface area contributed by atoms with E-state index < -0.39 is 0 Å². The minimum Gasteiger partial charge on any atom is -0.497 e. The van der Waals surface area contributed by atoms with E-state index in [1.165, 1.54) is 0 Å². The van der Waals surface area contributed by atoms with E-state index in [4.69, 9.17) is 4.74 Å². The molecule has 3 rings (SSSR count). The summed E-state index contributed by atoms with van der Waals surface area (Å²) in [6.45, 7) is 2.19. The average molecular weight is 339 g/mol. The van der Waals surface area contributed by atoms with Crippen molar-refractivity contribution in [3.63, 3.8) is 0 Å². The molecule has 1 aliphatic heterocycles. The Bertz CT molecular complexity index is 707. The Morgan fingerprint density at radius 2 is 1.68 bits per heavy atom. The molecule has 2 aromatic rings. The first-order chi connectivity index (χ1) is 12.2. The molecule has 2 aromatic carbocycles. The van der Waals surface area contributed by atoms with E-state index in [0.29, 0.717) is 11.6 Å². The van der Waals surface area contributed by atoms with Gasteiger partial charge < -0.3 is 20.3 Å². The summed E-state index contributed by atoms with van der Waals surface area (Å²) in [7, 11) is 3.76. The minimum atomic E-state index is -0.125. The molecule has 1 heterocycles. The topological polar surface area (TPSA) is 53.6 Å². The van der Waals surface area contributed by atoms with Gasteiger partial charge in [-0.25, -0.2) is 0 Å². The van der Waals surface area contributed by atoms with Crippen LogP contribution in [0.25, 0.3) is 0 Å². The van der Waals surface area contributed by atoms with E-state index in [2.05, 4.69) is 22.6 Å². The Labute approximate surface area is 149 Å². The van der Waals surface area contributed by atoms with Crippen molar-refractivity contribution >= 4 is 17.3 Å². The van der Waals surface area contributed by atoms with Crippen LogP contribution in [-0.2, 0) is 0 Å². The van der Waals surface area contributed by atoms with E-state index in [-0.39, 0.29) is 5.91 Å². The number of methoxy groups -OCH3 is 1. The van der Waals surface area contributed by atoms with E-state index in [1.807, 2.05) is 24.3 Å². The third-order valence-electron chi connectivity index (χ3n) is 4.61. The van der Waals surface area contributed by atoms with Crippen molar-refractivity contribution in [1.82, 2.24) is 4.90 Å². The molecular formula is C20H25N3O2. The Hall–Kier alpha value is -2.53. The average Bonchev–Trinajstić information content (AvgIpc) is 2.65. The quantitative estimate of drug-likeness (QED) is 0.876. The molecule has 25 heavy (non-hydrogen) atoms. The molecule has 5 heteroatoms. The van der Waals surface area contributed by atoms with E-state index >= 15 is 0 Å². The molecular weight excluding hydrogens is 314 g/mol. The summed E-state index contributed by atoms with van der Waals surface area (Å²) in [5.74, 6) is 0.612. The van der Waals surface area contributed by atoms with Crippen LogP contribution in [0.1, 0.15) is 23.2 Å². The van der Waals surface area contributed by atoms with Crippen molar-refractivity contribution < 1.29 is 9.53 Å². The second kappa shape index (κ2) is 8.03. The predicted molar refractivity (Wildman–Crippen MR) is 102 cm³/mol. The predicted octanol–water partition coefficient (Wildman–Crippen LogP) is 3.45. The first kappa shape index (κ1) is 17.3. The van der Waals surface area contributed by atoms with Crippen LogP contribution in [-0.4, -0.2) is 44.1 Å². The number of amides is 1. The number of para-hydroxylation sites is 2. The van der Waals surface area contributed by atoms with Gasteiger partial charge in [0, 0.05) is 11.6 Å². The number of ether oxygens (including phenoxy) is 1. The summed E-state index contributed by atoms with van der Waals surface area (Å²) in [5, 5.41) is 6.59. The van der Waals surface area contributed by atoms with Crippen molar-refractivity contribution in [3.05, 3.63) is 54.1 Å². The van der Waals surface area contributed by atoms with Gasteiger partial charge in [0.25, 0.3) is 5.91 Å². The molecule has 0 spiro atoms. The third kappa shape index (κ3) is 4.51. The monoisotopic (exact) mass is 339 g/mol. The number of nitrogens with one attached hydrogen (secondary N) is 2. The van der Waals surface area contributed by atoms with Crippen molar-refractivity contribution in [2.24, 2.45) is 0 Å². The molecule has 0 bridgehead atoms. The highest BCUT2D eigenvalue weighted by Gasteiger charge is 2.18. The summed E-state index contributed by atoms with van der Waals surface area (Å²) in [4.78, 5) is 14.9. The molecule has 1 amide bonds. The Morgan fingerprint density at radius 1 is 1.04 bits per heavy atom. The number of anilines is 2. The zero-order valence-electron chi connectivity index (χ0n) is 14.8. The van der Waals surface area contributed by atoms with E-state index in [9.17, 15) is 4.79 Å². The highest BCUT2D eigenvalue weighted by Crippen LogP contribution is 2.25. The Kier molecular flexibility index (Phi) is 5.56. The third-order valence-corrected chi connectivity index (χ3v) is 4.61. The normalized spacial score (nSPS) is 15.6. The summed E-state index contributed by atoms with van der Waals surface area (Å²) < 4.78 is 5.13.